The minimum atomic E-state index is -0.193. The third-order valence-corrected chi connectivity index (χ3v) is 2.87. The number of carbonyl (C=O) groups is 1. The van der Waals surface area contributed by atoms with Crippen LogP contribution in [-0.4, -0.2) is 5.91 Å². The Morgan fingerprint density at radius 3 is 2.40 bits per heavy atom. The molecule has 2 aromatic carbocycles. The van der Waals surface area contributed by atoms with Crippen LogP contribution >= 0.6 is 0 Å². The predicted molar refractivity (Wildman–Crippen MR) is 84.4 cm³/mol. The van der Waals surface area contributed by atoms with Crippen LogP contribution in [0.25, 0.3) is 6.08 Å². The second kappa shape index (κ2) is 7.10. The molecule has 0 aliphatic heterocycles. The van der Waals surface area contributed by atoms with Gasteiger partial charge in [-0.3, -0.25) is 4.79 Å². The fourth-order valence-electron chi connectivity index (χ4n) is 1.81. The van der Waals surface area contributed by atoms with E-state index in [4.69, 9.17) is 0 Å². The van der Waals surface area contributed by atoms with Crippen molar-refractivity contribution in [2.45, 2.75) is 6.42 Å². The van der Waals surface area contributed by atoms with Crippen LogP contribution in [0.2, 0.25) is 0 Å². The molecule has 100 valence electrons. The number of nitrogens with one attached hydrogen (secondary N) is 1. The van der Waals surface area contributed by atoms with Gasteiger partial charge in [-0.2, -0.15) is 0 Å². The molecule has 0 bridgehead atoms. The van der Waals surface area contributed by atoms with Gasteiger partial charge in [0.05, 0.1) is 0 Å². The Bertz CT molecular complexity index is 597. The lowest BCUT2D eigenvalue weighted by molar-refractivity contribution is -0.111. The highest BCUT2D eigenvalue weighted by Crippen LogP contribution is 2.11. The quantitative estimate of drug-likeness (QED) is 0.809. The van der Waals surface area contributed by atoms with Gasteiger partial charge in [-0.05, 0) is 35.8 Å². The number of hydrogen-bond donors (Lipinski definition) is 1. The molecule has 2 aromatic rings. The lowest BCUT2D eigenvalue weighted by atomic mass is 10.1. The fourth-order valence-corrected chi connectivity index (χ4v) is 1.81. The lowest BCUT2D eigenvalue weighted by Gasteiger charge is -2.03. The van der Waals surface area contributed by atoms with Gasteiger partial charge in [-0.1, -0.05) is 61.2 Å². The summed E-state index contributed by atoms with van der Waals surface area (Å²) in [4.78, 5) is 11.2. The first kappa shape index (κ1) is 13.8. The SMILES string of the molecule is C=CC(=O)Nc1ccc(CC=Cc2ccccc2)cc1. The molecule has 0 fully saturated rings. The molecule has 0 radical (unpaired) electrons. The first-order valence-corrected chi connectivity index (χ1v) is 6.52. The monoisotopic (exact) mass is 263 g/mol. The van der Waals surface area contributed by atoms with E-state index in [1.165, 1.54) is 17.2 Å². The molecule has 20 heavy (non-hydrogen) atoms. The van der Waals surface area contributed by atoms with E-state index in [9.17, 15) is 4.79 Å². The van der Waals surface area contributed by atoms with E-state index in [2.05, 4.69) is 36.2 Å². The van der Waals surface area contributed by atoms with Crippen LogP contribution in [-0.2, 0) is 11.2 Å². The number of allylic oxidation sites excluding steroid dienone is 1. The normalized spacial score (nSPS) is 10.4. The zero-order chi connectivity index (χ0) is 14.2. The minimum absolute atomic E-state index is 0.193. The highest BCUT2D eigenvalue weighted by Gasteiger charge is 1.96. The van der Waals surface area contributed by atoms with E-state index in [1.54, 1.807) is 0 Å². The molecule has 0 atom stereocenters. The van der Waals surface area contributed by atoms with Crippen molar-refractivity contribution in [3.8, 4) is 0 Å². The van der Waals surface area contributed by atoms with E-state index in [1.807, 2.05) is 42.5 Å². The number of hydrogen-bond acceptors (Lipinski definition) is 1. The Labute approximate surface area is 119 Å². The molecule has 0 heterocycles. The highest BCUT2D eigenvalue weighted by atomic mass is 16.1. The van der Waals surface area contributed by atoms with Gasteiger partial charge in [-0.15, -0.1) is 0 Å². The summed E-state index contributed by atoms with van der Waals surface area (Å²) in [6.07, 6.45) is 6.36. The molecule has 0 spiro atoms. The fraction of sp³-hybridized carbons (Fsp3) is 0.0556. The number of rotatable bonds is 5. The van der Waals surface area contributed by atoms with Crippen LogP contribution < -0.4 is 5.32 Å². The summed E-state index contributed by atoms with van der Waals surface area (Å²) in [6.45, 7) is 3.42. The van der Waals surface area contributed by atoms with Crippen molar-refractivity contribution in [3.05, 3.63) is 84.5 Å². The predicted octanol–water partition coefficient (Wildman–Crippen LogP) is 4.07. The first-order chi connectivity index (χ1) is 9.78. The highest BCUT2D eigenvalue weighted by molar-refractivity contribution is 5.98. The summed E-state index contributed by atoms with van der Waals surface area (Å²) in [6, 6.07) is 18.0. The van der Waals surface area contributed by atoms with Crippen molar-refractivity contribution in [3.63, 3.8) is 0 Å². The summed E-state index contributed by atoms with van der Waals surface area (Å²) in [5.74, 6) is -0.193. The standard InChI is InChI=1S/C18H17NO/c1-2-18(20)19-17-13-11-16(12-14-17)10-6-9-15-7-4-3-5-8-15/h2-9,11-14H,1,10H2,(H,19,20). The number of carbonyl (C=O) groups excluding carboxylic acids is 1. The van der Waals surface area contributed by atoms with Crippen molar-refractivity contribution in [2.24, 2.45) is 0 Å². The van der Waals surface area contributed by atoms with Gasteiger partial charge >= 0.3 is 0 Å². The number of anilines is 1. The first-order valence-electron chi connectivity index (χ1n) is 6.52. The van der Waals surface area contributed by atoms with Crippen LogP contribution in [0.5, 0.6) is 0 Å². The molecule has 0 saturated heterocycles. The van der Waals surface area contributed by atoms with Gasteiger partial charge in [0.1, 0.15) is 0 Å². The Hall–Kier alpha value is -2.61. The van der Waals surface area contributed by atoms with Crippen LogP contribution in [0, 0.1) is 0 Å². The van der Waals surface area contributed by atoms with Crippen molar-refractivity contribution in [1.29, 1.82) is 0 Å². The van der Waals surface area contributed by atoms with Crippen LogP contribution in [0.3, 0.4) is 0 Å². The van der Waals surface area contributed by atoms with Crippen LogP contribution in [0.15, 0.2) is 73.3 Å². The largest absolute Gasteiger partial charge is 0.323 e. The van der Waals surface area contributed by atoms with Crippen molar-refractivity contribution in [1.82, 2.24) is 0 Å². The minimum Gasteiger partial charge on any atom is -0.323 e. The summed E-state index contributed by atoms with van der Waals surface area (Å²) >= 11 is 0. The molecule has 2 heteroatoms. The smallest absolute Gasteiger partial charge is 0.247 e. The third kappa shape index (κ3) is 4.25. The second-order valence-electron chi connectivity index (χ2n) is 4.41. The molecular formula is C18H17NO. The molecule has 0 unspecified atom stereocenters. The third-order valence-electron chi connectivity index (χ3n) is 2.87. The average Bonchev–Trinajstić information content (AvgIpc) is 2.50. The summed E-state index contributed by atoms with van der Waals surface area (Å²) < 4.78 is 0. The molecule has 2 rings (SSSR count). The summed E-state index contributed by atoms with van der Waals surface area (Å²) in [5.41, 5.74) is 3.18. The maximum absolute atomic E-state index is 11.2. The van der Waals surface area contributed by atoms with Crippen molar-refractivity contribution < 1.29 is 4.79 Å². The van der Waals surface area contributed by atoms with E-state index in [0.717, 1.165) is 12.1 Å². The number of benzene rings is 2. The Kier molecular flexibility index (Phi) is 4.90. The maximum atomic E-state index is 11.2. The molecular weight excluding hydrogens is 246 g/mol. The lowest BCUT2D eigenvalue weighted by Crippen LogP contribution is -2.06. The molecule has 1 amide bonds. The van der Waals surface area contributed by atoms with E-state index >= 15 is 0 Å². The number of amides is 1. The topological polar surface area (TPSA) is 29.1 Å². The Morgan fingerprint density at radius 2 is 1.75 bits per heavy atom. The molecule has 2 nitrogen and oxygen atoms in total. The molecule has 1 N–H and O–H groups in total. The second-order valence-corrected chi connectivity index (χ2v) is 4.41. The average molecular weight is 263 g/mol. The Morgan fingerprint density at radius 1 is 1.05 bits per heavy atom. The maximum Gasteiger partial charge on any atom is 0.247 e. The van der Waals surface area contributed by atoms with Gasteiger partial charge in [0.2, 0.25) is 5.91 Å². The molecule has 0 aromatic heterocycles. The van der Waals surface area contributed by atoms with Crippen LogP contribution in [0.1, 0.15) is 11.1 Å². The molecule has 0 aliphatic carbocycles. The molecule has 0 saturated carbocycles. The van der Waals surface area contributed by atoms with Crippen molar-refractivity contribution >= 4 is 17.7 Å². The van der Waals surface area contributed by atoms with Gasteiger partial charge < -0.3 is 5.32 Å². The van der Waals surface area contributed by atoms with Gasteiger partial charge in [0.25, 0.3) is 0 Å². The van der Waals surface area contributed by atoms with E-state index in [0.29, 0.717) is 0 Å². The van der Waals surface area contributed by atoms with E-state index in [-0.39, 0.29) is 5.91 Å². The van der Waals surface area contributed by atoms with Crippen molar-refractivity contribution in [2.75, 3.05) is 5.32 Å². The summed E-state index contributed by atoms with van der Waals surface area (Å²) in [7, 11) is 0. The van der Waals surface area contributed by atoms with Gasteiger partial charge in [-0.25, -0.2) is 0 Å². The van der Waals surface area contributed by atoms with Crippen LogP contribution in [0.4, 0.5) is 5.69 Å². The van der Waals surface area contributed by atoms with Gasteiger partial charge in [0.15, 0.2) is 0 Å². The molecule has 0 aliphatic rings. The zero-order valence-electron chi connectivity index (χ0n) is 11.3. The zero-order valence-corrected chi connectivity index (χ0v) is 11.3. The van der Waals surface area contributed by atoms with E-state index < -0.39 is 0 Å². The Balaban J connectivity index is 1.92. The van der Waals surface area contributed by atoms with Gasteiger partial charge in [0, 0.05) is 5.69 Å². The summed E-state index contributed by atoms with van der Waals surface area (Å²) in [5, 5.41) is 2.73.